The van der Waals surface area contributed by atoms with Crippen LogP contribution in [0.5, 0.6) is 0 Å². The average Bonchev–Trinajstić information content (AvgIpc) is 2.93. The molecule has 1 rings (SSSR count). The van der Waals surface area contributed by atoms with Gasteiger partial charge in [0, 0.05) is 6.42 Å². The van der Waals surface area contributed by atoms with Crippen molar-refractivity contribution in [2.45, 2.75) is 58.3 Å². The molecule has 1 aliphatic rings. The molecule has 1 N–H and O–H groups in total. The maximum absolute atomic E-state index is 10.4. The molecule has 1 heterocycles. The van der Waals surface area contributed by atoms with Gasteiger partial charge in [0.05, 0.1) is 13.2 Å². The van der Waals surface area contributed by atoms with Crippen LogP contribution in [0, 0.1) is 11.8 Å². The van der Waals surface area contributed by atoms with Gasteiger partial charge in [-0.25, -0.2) is 0 Å². The Labute approximate surface area is 139 Å². The van der Waals surface area contributed by atoms with Gasteiger partial charge in [0.2, 0.25) is 0 Å². The van der Waals surface area contributed by atoms with Crippen molar-refractivity contribution in [1.82, 2.24) is 0 Å². The van der Waals surface area contributed by atoms with Crippen molar-refractivity contribution in [3.63, 3.8) is 0 Å². The van der Waals surface area contributed by atoms with Crippen molar-refractivity contribution in [1.29, 1.82) is 0 Å². The molecule has 4 heteroatoms. The molecule has 0 aromatic rings. The first-order valence-corrected chi connectivity index (χ1v) is 9.91. The maximum Gasteiger partial charge on any atom is 0.303 e. The van der Waals surface area contributed by atoms with Crippen molar-refractivity contribution in [2.75, 3.05) is 24.7 Å². The van der Waals surface area contributed by atoms with Crippen molar-refractivity contribution in [3.8, 4) is 0 Å². The highest BCUT2D eigenvalue weighted by molar-refractivity contribution is 7.99. The summed E-state index contributed by atoms with van der Waals surface area (Å²) in [6.45, 7) is 3.91. The minimum absolute atomic E-state index is 0.322. The van der Waals surface area contributed by atoms with Crippen molar-refractivity contribution in [2.24, 2.45) is 11.8 Å². The van der Waals surface area contributed by atoms with Gasteiger partial charge in [0.1, 0.15) is 0 Å². The molecule has 0 aromatic carbocycles. The van der Waals surface area contributed by atoms with E-state index in [2.05, 4.69) is 30.8 Å². The third-order valence-electron chi connectivity index (χ3n) is 4.21. The Morgan fingerprint density at radius 2 is 1.95 bits per heavy atom. The molecule has 0 spiro atoms. The topological polar surface area (TPSA) is 46.5 Å². The number of allylic oxidation sites excluding steroid dienone is 1. The molecule has 2 unspecified atom stereocenters. The summed E-state index contributed by atoms with van der Waals surface area (Å²) in [5, 5.41) is 8.61. The van der Waals surface area contributed by atoms with Crippen LogP contribution in [-0.4, -0.2) is 35.8 Å². The van der Waals surface area contributed by atoms with Gasteiger partial charge in [-0.15, -0.1) is 0 Å². The number of thioether (sulfide) groups is 1. The molecule has 0 amide bonds. The lowest BCUT2D eigenvalue weighted by molar-refractivity contribution is -0.137. The van der Waals surface area contributed by atoms with Crippen LogP contribution < -0.4 is 0 Å². The van der Waals surface area contributed by atoms with Crippen LogP contribution in [0.15, 0.2) is 12.2 Å². The zero-order chi connectivity index (χ0) is 16.0. The molecule has 0 aliphatic carbocycles. The molecule has 3 nitrogen and oxygen atoms in total. The highest BCUT2D eigenvalue weighted by atomic mass is 32.2. The Balaban J connectivity index is 2.02. The number of carbonyl (C=O) groups is 1. The molecule has 1 fully saturated rings. The number of rotatable bonds is 13. The molecule has 128 valence electrons. The minimum atomic E-state index is -0.668. The summed E-state index contributed by atoms with van der Waals surface area (Å²) >= 11 is 2.06. The molecule has 0 bridgehead atoms. The molecule has 0 aromatic heterocycles. The lowest BCUT2D eigenvalue weighted by atomic mass is 9.91. The molecule has 1 aliphatic heterocycles. The first-order chi connectivity index (χ1) is 10.7. The second kappa shape index (κ2) is 13.0. The van der Waals surface area contributed by atoms with E-state index in [9.17, 15) is 4.79 Å². The largest absolute Gasteiger partial charge is 0.481 e. The molecule has 0 saturated carbocycles. The second-order valence-corrected chi connectivity index (χ2v) is 7.22. The maximum atomic E-state index is 10.4. The van der Waals surface area contributed by atoms with Crippen molar-refractivity contribution < 1.29 is 14.6 Å². The number of carboxylic acids is 1. The van der Waals surface area contributed by atoms with Gasteiger partial charge >= 0.3 is 5.97 Å². The minimum Gasteiger partial charge on any atom is -0.481 e. The van der Waals surface area contributed by atoms with E-state index in [0.717, 1.165) is 50.7 Å². The van der Waals surface area contributed by atoms with E-state index in [1.807, 2.05) is 0 Å². The predicted molar refractivity (Wildman–Crippen MR) is 94.5 cm³/mol. The molecule has 1 saturated heterocycles. The van der Waals surface area contributed by atoms with Crippen LogP contribution in [0.2, 0.25) is 0 Å². The zero-order valence-corrected chi connectivity index (χ0v) is 14.8. The van der Waals surface area contributed by atoms with Gasteiger partial charge < -0.3 is 9.84 Å². The van der Waals surface area contributed by atoms with E-state index in [-0.39, 0.29) is 0 Å². The monoisotopic (exact) mass is 328 g/mol. The second-order valence-electron chi connectivity index (χ2n) is 6.15. The van der Waals surface area contributed by atoms with Crippen LogP contribution in [0.4, 0.5) is 0 Å². The van der Waals surface area contributed by atoms with Gasteiger partial charge in [-0.3, -0.25) is 4.79 Å². The molecular weight excluding hydrogens is 296 g/mol. The molecule has 2 atom stereocenters. The van der Waals surface area contributed by atoms with E-state index >= 15 is 0 Å². The van der Waals surface area contributed by atoms with E-state index in [1.54, 1.807) is 0 Å². The van der Waals surface area contributed by atoms with Gasteiger partial charge in [0.25, 0.3) is 0 Å². The summed E-state index contributed by atoms with van der Waals surface area (Å²) in [4.78, 5) is 10.4. The summed E-state index contributed by atoms with van der Waals surface area (Å²) in [5.74, 6) is 3.38. The molecule has 0 radical (unpaired) electrons. The fourth-order valence-electron chi connectivity index (χ4n) is 2.85. The quantitative estimate of drug-likeness (QED) is 0.391. The Hall–Kier alpha value is -0.480. The smallest absolute Gasteiger partial charge is 0.303 e. The van der Waals surface area contributed by atoms with Crippen LogP contribution in [-0.2, 0) is 9.53 Å². The van der Waals surface area contributed by atoms with Crippen LogP contribution in [0.3, 0.4) is 0 Å². The summed E-state index contributed by atoms with van der Waals surface area (Å²) in [6, 6.07) is 0. The van der Waals surface area contributed by atoms with Gasteiger partial charge in [-0.1, -0.05) is 38.3 Å². The van der Waals surface area contributed by atoms with E-state index in [1.165, 1.54) is 30.8 Å². The Bertz CT molecular complexity index is 317. The SMILES string of the molecule is CC/C=C/CCOCC1CSCC1CCCCCCC(=O)O. The van der Waals surface area contributed by atoms with Crippen molar-refractivity contribution >= 4 is 17.7 Å². The number of hydrogen-bond donors (Lipinski definition) is 1. The first kappa shape index (κ1) is 19.6. The molecule has 22 heavy (non-hydrogen) atoms. The highest BCUT2D eigenvalue weighted by Gasteiger charge is 2.27. The van der Waals surface area contributed by atoms with Crippen LogP contribution in [0.1, 0.15) is 58.3 Å². The Kier molecular flexibility index (Phi) is 11.6. The predicted octanol–water partition coefficient (Wildman–Crippen LogP) is 4.76. The average molecular weight is 329 g/mol. The Morgan fingerprint density at radius 3 is 2.73 bits per heavy atom. The third-order valence-corrected chi connectivity index (χ3v) is 5.54. The lowest BCUT2D eigenvalue weighted by Gasteiger charge is -2.18. The summed E-state index contributed by atoms with van der Waals surface area (Å²) in [6.07, 6.45) is 12.4. The third kappa shape index (κ3) is 9.52. The van der Waals surface area contributed by atoms with Crippen LogP contribution in [0.25, 0.3) is 0 Å². The van der Waals surface area contributed by atoms with Gasteiger partial charge in [-0.05, 0) is 49.0 Å². The number of ether oxygens (including phenoxy) is 1. The number of aliphatic carboxylic acids is 1. The number of unbranched alkanes of at least 4 members (excludes halogenated alkanes) is 3. The highest BCUT2D eigenvalue weighted by Crippen LogP contribution is 2.33. The first-order valence-electron chi connectivity index (χ1n) is 8.76. The van der Waals surface area contributed by atoms with Gasteiger partial charge in [-0.2, -0.15) is 11.8 Å². The fourth-order valence-corrected chi connectivity index (χ4v) is 4.40. The summed E-state index contributed by atoms with van der Waals surface area (Å²) in [5.41, 5.74) is 0. The standard InChI is InChI=1S/C18H32O3S/c1-2-3-4-9-12-21-13-17-15-22-14-16(17)10-7-5-6-8-11-18(19)20/h3-4,16-17H,2,5-15H2,1H3,(H,19,20)/b4-3+. The van der Waals surface area contributed by atoms with E-state index in [0.29, 0.717) is 6.42 Å². The number of hydrogen-bond acceptors (Lipinski definition) is 3. The number of carboxylic acid groups (broad SMARTS) is 1. The van der Waals surface area contributed by atoms with Crippen molar-refractivity contribution in [3.05, 3.63) is 12.2 Å². The summed E-state index contributed by atoms with van der Waals surface area (Å²) < 4.78 is 5.84. The van der Waals surface area contributed by atoms with Crippen LogP contribution >= 0.6 is 11.8 Å². The molecular formula is C18H32O3S. The normalized spacial score (nSPS) is 21.7. The van der Waals surface area contributed by atoms with E-state index < -0.39 is 5.97 Å². The fraction of sp³-hybridized carbons (Fsp3) is 0.833. The lowest BCUT2D eigenvalue weighted by Crippen LogP contribution is -2.18. The van der Waals surface area contributed by atoms with E-state index in [4.69, 9.17) is 9.84 Å². The summed E-state index contributed by atoms with van der Waals surface area (Å²) in [7, 11) is 0. The zero-order valence-electron chi connectivity index (χ0n) is 14.0. The Morgan fingerprint density at radius 1 is 1.18 bits per heavy atom. The van der Waals surface area contributed by atoms with Gasteiger partial charge in [0.15, 0.2) is 0 Å².